The van der Waals surface area contributed by atoms with Crippen molar-refractivity contribution in [1.29, 1.82) is 0 Å². The molecule has 2 aromatic carbocycles. The number of aromatic nitrogens is 4. The highest BCUT2D eigenvalue weighted by molar-refractivity contribution is 7.22. The van der Waals surface area contributed by atoms with E-state index in [1.165, 1.54) is 23.5 Å². The smallest absolute Gasteiger partial charge is 0.290 e. The van der Waals surface area contributed by atoms with Crippen molar-refractivity contribution in [3.63, 3.8) is 0 Å². The molecule has 2 aliphatic rings. The molecule has 0 radical (unpaired) electrons. The monoisotopic (exact) mass is 796 g/mol. The van der Waals surface area contributed by atoms with Gasteiger partial charge in [0, 0.05) is 24.5 Å². The number of nitrogens with one attached hydrogen (secondary N) is 1. The van der Waals surface area contributed by atoms with Crippen LogP contribution in [0.3, 0.4) is 0 Å². The van der Waals surface area contributed by atoms with Crippen LogP contribution >= 0.6 is 11.3 Å². The summed E-state index contributed by atoms with van der Waals surface area (Å²) < 4.78 is 132. The molecule has 0 saturated carbocycles. The number of nitrogens with zero attached hydrogens (tertiary/aromatic N) is 5. The van der Waals surface area contributed by atoms with Gasteiger partial charge in [-0.1, -0.05) is 17.4 Å². The molecule has 0 unspecified atom stereocenters. The maximum Gasteiger partial charge on any atom is 0.290 e. The van der Waals surface area contributed by atoms with E-state index in [9.17, 15) is 45.4 Å². The molecule has 0 bridgehead atoms. The van der Waals surface area contributed by atoms with Crippen LogP contribution < -0.4 is 10.2 Å². The van der Waals surface area contributed by atoms with Gasteiger partial charge in [0.1, 0.15) is 35.4 Å². The molecule has 0 spiro atoms. The number of Topliss-reactive ketones (excluding diaryl/α,β-unsaturated/α-hetero) is 1. The second-order valence-electron chi connectivity index (χ2n) is 13.9. The van der Waals surface area contributed by atoms with Crippen LogP contribution in [0.2, 0.25) is 0 Å². The topological polar surface area (TPSA) is 113 Å². The molecule has 7 rings (SSSR count). The number of carbonyl (C=O) groups is 2. The fourth-order valence-corrected chi connectivity index (χ4v) is 7.91. The molecule has 1 fully saturated rings. The lowest BCUT2D eigenvalue weighted by Gasteiger charge is -2.43. The molecule has 19 heteroatoms. The van der Waals surface area contributed by atoms with Crippen LogP contribution in [0.25, 0.3) is 21.5 Å². The van der Waals surface area contributed by atoms with Gasteiger partial charge < -0.3 is 15.3 Å². The van der Waals surface area contributed by atoms with Crippen molar-refractivity contribution < 1.29 is 54.2 Å². The van der Waals surface area contributed by atoms with E-state index in [0.29, 0.717) is 15.9 Å². The standard InChI is InChI=1S/C36H29F9N6O3S/c1-16(52)21-10-18(3-4-23(21)39)22-12-25-32(48-33(55-25)50-14-34(2,54)15-50)47-28(22)24(9-17-7-19(37)11-20(38)8-17)46-26(53)13-51-30-27(29(49-51)31(40)41)35(42,43)5-6-36(30,44)45/h3-4,7-8,10-12,24,31,54H,5-6,9,13-15H2,1-2H3,(H,46,53)/t24-/m0/s1. The molecule has 1 amide bonds. The van der Waals surface area contributed by atoms with Crippen molar-refractivity contribution in [1.82, 2.24) is 25.1 Å². The number of amides is 1. The summed E-state index contributed by atoms with van der Waals surface area (Å²) in [6.45, 7) is 2.00. The van der Waals surface area contributed by atoms with Gasteiger partial charge in [-0.2, -0.15) is 18.9 Å². The lowest BCUT2D eigenvalue weighted by molar-refractivity contribution is -0.123. The summed E-state index contributed by atoms with van der Waals surface area (Å²) in [6, 6.07) is 6.19. The lowest BCUT2D eigenvalue weighted by Crippen LogP contribution is -2.60. The number of carbonyl (C=O) groups excluding carboxylic acids is 2. The summed E-state index contributed by atoms with van der Waals surface area (Å²) in [5.74, 6) is -12.8. The highest BCUT2D eigenvalue weighted by Gasteiger charge is 2.55. The third-order valence-electron chi connectivity index (χ3n) is 9.36. The number of anilines is 1. The molecule has 1 saturated heterocycles. The first-order valence-corrected chi connectivity index (χ1v) is 17.5. The first kappa shape index (κ1) is 38.2. The van der Waals surface area contributed by atoms with Crippen molar-refractivity contribution in [2.24, 2.45) is 0 Å². The number of hydrogen-bond acceptors (Lipinski definition) is 8. The predicted molar refractivity (Wildman–Crippen MR) is 181 cm³/mol. The Balaban J connectivity index is 1.36. The van der Waals surface area contributed by atoms with Gasteiger partial charge in [-0.3, -0.25) is 14.3 Å². The van der Waals surface area contributed by atoms with Crippen LogP contribution in [0, 0.1) is 17.5 Å². The summed E-state index contributed by atoms with van der Waals surface area (Å²) in [5.41, 5.74) is -5.71. The Bertz CT molecular complexity index is 2330. The quantitative estimate of drug-likeness (QED) is 0.110. The predicted octanol–water partition coefficient (Wildman–Crippen LogP) is 7.76. The second kappa shape index (κ2) is 13.6. The van der Waals surface area contributed by atoms with E-state index >= 15 is 8.78 Å². The Morgan fingerprint density at radius 3 is 2.25 bits per heavy atom. The molecular formula is C36H29F9N6O3S. The maximum absolute atomic E-state index is 15.1. The summed E-state index contributed by atoms with van der Waals surface area (Å²) in [5, 5.41) is 16.6. The lowest BCUT2D eigenvalue weighted by atomic mass is 9.89. The number of halogens is 9. The number of pyridine rings is 1. The van der Waals surface area contributed by atoms with E-state index in [1.807, 2.05) is 0 Å². The third kappa shape index (κ3) is 7.38. The molecular weight excluding hydrogens is 767 g/mol. The summed E-state index contributed by atoms with van der Waals surface area (Å²) in [7, 11) is 0. The summed E-state index contributed by atoms with van der Waals surface area (Å²) >= 11 is 1.17. The largest absolute Gasteiger partial charge is 0.386 e. The van der Waals surface area contributed by atoms with Gasteiger partial charge in [0.2, 0.25) is 5.91 Å². The number of benzene rings is 2. The number of β-amino-alcohol motifs (C(OH)–C–C–N with tert-alkyl or cyclic N) is 1. The van der Waals surface area contributed by atoms with Crippen molar-refractivity contribution >= 4 is 38.5 Å². The fourth-order valence-electron chi connectivity index (χ4n) is 6.97. The Morgan fingerprint density at radius 2 is 1.62 bits per heavy atom. The SMILES string of the molecule is CC(=O)c1cc(-c2cc3sc(N4CC(C)(O)C4)nc3nc2[C@H](Cc2cc(F)cc(F)c2)NC(=O)Cn2nc(C(F)F)c3c2C(F)(F)CCC3(F)F)ccc1F. The minimum Gasteiger partial charge on any atom is -0.386 e. The molecule has 4 heterocycles. The highest BCUT2D eigenvalue weighted by Crippen LogP contribution is 2.52. The van der Waals surface area contributed by atoms with Crippen LogP contribution in [0.1, 0.15) is 77.7 Å². The van der Waals surface area contributed by atoms with Gasteiger partial charge in [0.25, 0.3) is 18.3 Å². The van der Waals surface area contributed by atoms with Crippen LogP contribution in [-0.4, -0.2) is 55.2 Å². The number of ketones is 1. The number of alkyl halides is 6. The summed E-state index contributed by atoms with van der Waals surface area (Å²) in [4.78, 5) is 37.1. The Kier molecular flexibility index (Phi) is 9.46. The summed E-state index contributed by atoms with van der Waals surface area (Å²) in [6.07, 6.45) is -6.97. The Morgan fingerprint density at radius 1 is 0.945 bits per heavy atom. The zero-order chi connectivity index (χ0) is 39.8. The van der Waals surface area contributed by atoms with E-state index in [1.54, 1.807) is 17.9 Å². The zero-order valence-corrected chi connectivity index (χ0v) is 29.6. The third-order valence-corrected chi connectivity index (χ3v) is 10.4. The molecule has 2 N–H and O–H groups in total. The molecule has 55 heavy (non-hydrogen) atoms. The van der Waals surface area contributed by atoms with Gasteiger partial charge in [-0.05, 0) is 61.7 Å². The molecule has 1 aliphatic carbocycles. The fraction of sp³-hybridized carbons (Fsp3) is 0.361. The van der Waals surface area contributed by atoms with E-state index in [2.05, 4.69) is 20.4 Å². The van der Waals surface area contributed by atoms with Crippen LogP contribution in [0.5, 0.6) is 0 Å². The average molecular weight is 797 g/mol. The van der Waals surface area contributed by atoms with Crippen molar-refractivity contribution in [3.8, 4) is 11.1 Å². The zero-order valence-electron chi connectivity index (χ0n) is 28.7. The second-order valence-corrected chi connectivity index (χ2v) is 14.9. The van der Waals surface area contributed by atoms with Crippen LogP contribution in [0.15, 0.2) is 42.5 Å². The minimum absolute atomic E-state index is 0.0383. The molecule has 290 valence electrons. The number of hydrogen-bond donors (Lipinski definition) is 2. The van der Waals surface area contributed by atoms with Crippen molar-refractivity contribution in [3.05, 3.63) is 93.7 Å². The van der Waals surface area contributed by atoms with Gasteiger partial charge in [-0.25, -0.2) is 35.7 Å². The minimum atomic E-state index is -4.10. The first-order chi connectivity index (χ1) is 25.7. The number of aliphatic hydroxyl groups is 1. The molecule has 9 nitrogen and oxygen atoms in total. The number of rotatable bonds is 10. The van der Waals surface area contributed by atoms with Gasteiger partial charge in [0.05, 0.1) is 46.3 Å². The van der Waals surface area contributed by atoms with Crippen LogP contribution in [0.4, 0.5) is 44.6 Å². The maximum atomic E-state index is 15.1. The van der Waals surface area contributed by atoms with Crippen molar-refractivity contribution in [2.75, 3.05) is 18.0 Å². The highest BCUT2D eigenvalue weighted by atomic mass is 32.1. The molecule has 1 atom stereocenters. The molecule has 3 aromatic heterocycles. The van der Waals surface area contributed by atoms with Gasteiger partial charge >= 0.3 is 0 Å². The van der Waals surface area contributed by atoms with Gasteiger partial charge in [-0.15, -0.1) is 0 Å². The average Bonchev–Trinajstić information content (AvgIpc) is 3.67. The van der Waals surface area contributed by atoms with E-state index in [4.69, 9.17) is 0 Å². The first-order valence-electron chi connectivity index (χ1n) is 16.7. The van der Waals surface area contributed by atoms with E-state index in [0.717, 1.165) is 25.1 Å². The molecule has 5 aromatic rings. The van der Waals surface area contributed by atoms with E-state index < -0.39 is 102 Å². The number of fused-ring (bicyclic) bond motifs is 2. The van der Waals surface area contributed by atoms with Crippen molar-refractivity contribution in [2.45, 2.75) is 69.6 Å². The van der Waals surface area contributed by atoms with Gasteiger partial charge in [0.15, 0.2) is 16.6 Å². The Hall–Kier alpha value is -5.04. The molecule has 1 aliphatic heterocycles. The number of thiazole rings is 1. The van der Waals surface area contributed by atoms with Crippen LogP contribution in [-0.2, 0) is 29.6 Å². The Labute approximate surface area is 309 Å². The normalized spacial score (nSPS) is 17.6. The van der Waals surface area contributed by atoms with E-state index in [-0.39, 0.29) is 51.4 Å².